The number of rotatable bonds is 5. The zero-order valence-corrected chi connectivity index (χ0v) is 12.9. The van der Waals surface area contributed by atoms with Crippen LogP contribution >= 0.6 is 15.9 Å². The van der Waals surface area contributed by atoms with Gasteiger partial charge in [0.05, 0.1) is 0 Å². The summed E-state index contributed by atoms with van der Waals surface area (Å²) in [5, 5.41) is 0. The average Bonchev–Trinajstić information content (AvgIpc) is 2.37. The van der Waals surface area contributed by atoms with Crippen molar-refractivity contribution < 1.29 is 9.13 Å². The normalized spacial score (nSPS) is 12.2. The third kappa shape index (κ3) is 4.05. The summed E-state index contributed by atoms with van der Waals surface area (Å²) in [4.78, 5) is 0. The van der Waals surface area contributed by atoms with Crippen LogP contribution in [-0.4, -0.2) is 6.04 Å². The molecular weight excluding hydrogens is 321 g/mol. The molecule has 1 unspecified atom stereocenters. The number of hydrogen-bond donors (Lipinski definition) is 1. The Morgan fingerprint density at radius 2 is 2.00 bits per heavy atom. The van der Waals surface area contributed by atoms with E-state index in [1.807, 2.05) is 37.3 Å². The van der Waals surface area contributed by atoms with Crippen molar-refractivity contribution in [2.45, 2.75) is 26.0 Å². The lowest BCUT2D eigenvalue weighted by atomic mass is 10.1. The smallest absolute Gasteiger partial charge is 0.165 e. The zero-order valence-electron chi connectivity index (χ0n) is 11.3. The molecule has 2 nitrogen and oxygen atoms in total. The fraction of sp³-hybridized carbons (Fsp3) is 0.250. The van der Waals surface area contributed by atoms with Gasteiger partial charge in [-0.15, -0.1) is 0 Å². The van der Waals surface area contributed by atoms with E-state index in [0.29, 0.717) is 18.8 Å². The van der Waals surface area contributed by atoms with Crippen LogP contribution in [0, 0.1) is 5.82 Å². The molecule has 0 radical (unpaired) electrons. The molecule has 0 amide bonds. The summed E-state index contributed by atoms with van der Waals surface area (Å²) in [7, 11) is 0. The van der Waals surface area contributed by atoms with E-state index in [4.69, 9.17) is 10.5 Å². The van der Waals surface area contributed by atoms with E-state index in [1.54, 1.807) is 6.07 Å². The molecule has 2 aromatic carbocycles. The highest BCUT2D eigenvalue weighted by Crippen LogP contribution is 2.25. The second kappa shape index (κ2) is 6.86. The highest BCUT2D eigenvalue weighted by molar-refractivity contribution is 9.10. The molecule has 0 saturated heterocycles. The van der Waals surface area contributed by atoms with Crippen LogP contribution < -0.4 is 10.5 Å². The second-order valence-electron chi connectivity index (χ2n) is 4.83. The van der Waals surface area contributed by atoms with Gasteiger partial charge in [0.25, 0.3) is 0 Å². The number of benzene rings is 2. The molecular formula is C16H17BrFNO. The maximum Gasteiger partial charge on any atom is 0.165 e. The van der Waals surface area contributed by atoms with E-state index in [2.05, 4.69) is 15.9 Å². The summed E-state index contributed by atoms with van der Waals surface area (Å²) in [5.74, 6) is -0.0528. The van der Waals surface area contributed by atoms with Gasteiger partial charge in [0, 0.05) is 10.5 Å². The second-order valence-corrected chi connectivity index (χ2v) is 5.74. The van der Waals surface area contributed by atoms with E-state index in [0.717, 1.165) is 15.6 Å². The summed E-state index contributed by atoms with van der Waals surface area (Å²) < 4.78 is 20.5. The minimum absolute atomic E-state index is 0.0370. The predicted molar refractivity (Wildman–Crippen MR) is 82.2 cm³/mol. The maximum absolute atomic E-state index is 13.9. The maximum atomic E-state index is 13.9. The molecule has 2 aromatic rings. The lowest BCUT2D eigenvalue weighted by Crippen LogP contribution is -2.18. The van der Waals surface area contributed by atoms with Crippen LogP contribution in [0.1, 0.15) is 18.1 Å². The summed E-state index contributed by atoms with van der Waals surface area (Å²) in [6.45, 7) is 2.22. The number of para-hydroxylation sites is 1. The van der Waals surface area contributed by atoms with Gasteiger partial charge >= 0.3 is 0 Å². The molecule has 2 N–H and O–H groups in total. The topological polar surface area (TPSA) is 35.2 Å². The zero-order chi connectivity index (χ0) is 14.5. The van der Waals surface area contributed by atoms with Gasteiger partial charge in [-0.1, -0.05) is 40.2 Å². The van der Waals surface area contributed by atoms with E-state index >= 15 is 0 Å². The molecule has 0 heterocycles. The first-order chi connectivity index (χ1) is 9.56. The van der Waals surface area contributed by atoms with Crippen LogP contribution in [0.2, 0.25) is 0 Å². The van der Waals surface area contributed by atoms with Crippen molar-refractivity contribution in [1.29, 1.82) is 0 Å². The first-order valence-corrected chi connectivity index (χ1v) is 7.26. The van der Waals surface area contributed by atoms with Crippen LogP contribution in [0.4, 0.5) is 4.39 Å². The molecule has 1 atom stereocenters. The van der Waals surface area contributed by atoms with Crippen molar-refractivity contribution >= 4 is 15.9 Å². The number of halogens is 2. The first kappa shape index (κ1) is 15.0. The van der Waals surface area contributed by atoms with Crippen molar-refractivity contribution in [3.63, 3.8) is 0 Å². The van der Waals surface area contributed by atoms with Gasteiger partial charge in [0.2, 0.25) is 0 Å². The van der Waals surface area contributed by atoms with Gasteiger partial charge in [0.15, 0.2) is 11.6 Å². The minimum Gasteiger partial charge on any atom is -0.486 e. The van der Waals surface area contributed by atoms with Crippen molar-refractivity contribution in [3.8, 4) is 5.75 Å². The summed E-state index contributed by atoms with van der Waals surface area (Å²) in [6.07, 6.45) is 0.589. The predicted octanol–water partition coefficient (Wildman–Crippen LogP) is 4.06. The van der Waals surface area contributed by atoms with Crippen LogP contribution in [0.25, 0.3) is 0 Å². The Morgan fingerprint density at radius 1 is 1.25 bits per heavy atom. The quantitative estimate of drug-likeness (QED) is 0.892. The highest BCUT2D eigenvalue weighted by Gasteiger charge is 2.11. The molecule has 106 valence electrons. The lowest BCUT2D eigenvalue weighted by Gasteiger charge is -2.14. The molecule has 0 saturated carbocycles. The van der Waals surface area contributed by atoms with Crippen molar-refractivity contribution in [3.05, 3.63) is 63.9 Å². The summed E-state index contributed by atoms with van der Waals surface area (Å²) in [5.41, 5.74) is 7.57. The van der Waals surface area contributed by atoms with E-state index in [-0.39, 0.29) is 11.9 Å². The highest BCUT2D eigenvalue weighted by atomic mass is 79.9. The molecule has 0 aliphatic carbocycles. The first-order valence-electron chi connectivity index (χ1n) is 6.46. The van der Waals surface area contributed by atoms with Gasteiger partial charge in [-0.2, -0.15) is 0 Å². The molecule has 4 heteroatoms. The minimum atomic E-state index is -0.349. The number of hydrogen-bond acceptors (Lipinski definition) is 2. The lowest BCUT2D eigenvalue weighted by molar-refractivity contribution is 0.286. The molecule has 0 aliphatic heterocycles. The third-order valence-corrected chi connectivity index (χ3v) is 3.36. The molecule has 0 spiro atoms. The van der Waals surface area contributed by atoms with Crippen LogP contribution in [0.15, 0.2) is 46.9 Å². The molecule has 0 aromatic heterocycles. The third-order valence-electron chi connectivity index (χ3n) is 2.86. The van der Waals surface area contributed by atoms with E-state index < -0.39 is 0 Å². The van der Waals surface area contributed by atoms with Gasteiger partial charge in [-0.3, -0.25) is 0 Å². The Kier molecular flexibility index (Phi) is 5.15. The standard InChI is InChI=1S/C16H17BrFNO/c1-11(19)8-13-5-3-7-15(18)16(13)20-10-12-4-2-6-14(17)9-12/h2-7,9,11H,8,10,19H2,1H3. The van der Waals surface area contributed by atoms with E-state index in [1.165, 1.54) is 6.07 Å². The van der Waals surface area contributed by atoms with Gasteiger partial charge in [0.1, 0.15) is 6.61 Å². The Balaban J connectivity index is 2.16. The molecule has 0 bridgehead atoms. The number of ether oxygens (including phenoxy) is 1. The number of nitrogens with two attached hydrogens (primary N) is 1. The molecule has 20 heavy (non-hydrogen) atoms. The summed E-state index contributed by atoms with van der Waals surface area (Å²) >= 11 is 3.40. The molecule has 2 rings (SSSR count). The molecule has 0 aliphatic rings. The van der Waals surface area contributed by atoms with E-state index in [9.17, 15) is 4.39 Å². The van der Waals surface area contributed by atoms with Crippen molar-refractivity contribution in [1.82, 2.24) is 0 Å². The van der Waals surface area contributed by atoms with Crippen LogP contribution in [0.5, 0.6) is 5.75 Å². The van der Waals surface area contributed by atoms with Crippen molar-refractivity contribution in [2.24, 2.45) is 5.73 Å². The van der Waals surface area contributed by atoms with Crippen molar-refractivity contribution in [2.75, 3.05) is 0 Å². The Hall–Kier alpha value is -1.39. The van der Waals surface area contributed by atoms with Gasteiger partial charge in [-0.05, 0) is 42.7 Å². The average molecular weight is 338 g/mol. The Morgan fingerprint density at radius 3 is 2.70 bits per heavy atom. The van der Waals surface area contributed by atoms with Crippen LogP contribution in [0.3, 0.4) is 0 Å². The largest absolute Gasteiger partial charge is 0.486 e. The van der Waals surface area contributed by atoms with Gasteiger partial charge < -0.3 is 10.5 Å². The summed E-state index contributed by atoms with van der Waals surface area (Å²) in [6, 6.07) is 12.7. The molecule has 0 fully saturated rings. The fourth-order valence-corrected chi connectivity index (χ4v) is 2.45. The Labute approximate surface area is 126 Å². The fourth-order valence-electron chi connectivity index (χ4n) is 2.01. The van der Waals surface area contributed by atoms with Gasteiger partial charge in [-0.25, -0.2) is 4.39 Å². The van der Waals surface area contributed by atoms with Crippen LogP contribution in [-0.2, 0) is 13.0 Å². The monoisotopic (exact) mass is 337 g/mol. The Bertz CT molecular complexity index is 586. The SMILES string of the molecule is CC(N)Cc1cccc(F)c1OCc1cccc(Br)c1.